The van der Waals surface area contributed by atoms with E-state index in [0.29, 0.717) is 12.0 Å². The number of allylic oxidation sites excluding steroid dienone is 4. The largest absolute Gasteiger partial charge is 0.459 e. The van der Waals surface area contributed by atoms with E-state index in [1.807, 2.05) is 6.07 Å². The van der Waals surface area contributed by atoms with Crippen LogP contribution in [0.5, 0.6) is 0 Å². The maximum atomic E-state index is 8.76. The fourth-order valence-electron chi connectivity index (χ4n) is 0.989. The highest BCUT2D eigenvalue weighted by Crippen LogP contribution is 2.22. The Morgan fingerprint density at radius 3 is 2.91 bits per heavy atom. The number of nitrogens with zero attached hydrogens (tertiary/aromatic N) is 1. The predicted octanol–water partition coefficient (Wildman–Crippen LogP) is 0.239. The van der Waals surface area contributed by atoms with Gasteiger partial charge in [-0.05, 0) is 12.5 Å². The molecule has 0 aromatic rings. The molecule has 0 fully saturated rings. The molecule has 1 aliphatic rings. The Kier molecular flexibility index (Phi) is 2.47. The van der Waals surface area contributed by atoms with Crippen molar-refractivity contribution in [2.24, 2.45) is 0 Å². The molecule has 56 valence electrons. The Balaban J connectivity index is 2.71. The van der Waals surface area contributed by atoms with Gasteiger partial charge >= 0.3 is 7.12 Å². The zero-order valence-corrected chi connectivity index (χ0v) is 5.94. The molecule has 2 N–H and O–H groups in total. The van der Waals surface area contributed by atoms with Gasteiger partial charge in [-0.1, -0.05) is 12.2 Å². The average molecular weight is 149 g/mol. The lowest BCUT2D eigenvalue weighted by atomic mass is 9.69. The molecule has 0 aromatic heterocycles. The minimum atomic E-state index is -1.36. The van der Waals surface area contributed by atoms with Gasteiger partial charge in [0.2, 0.25) is 0 Å². The van der Waals surface area contributed by atoms with Gasteiger partial charge in [-0.25, -0.2) is 0 Å². The van der Waals surface area contributed by atoms with Crippen molar-refractivity contribution >= 4 is 7.12 Å². The van der Waals surface area contributed by atoms with Crippen molar-refractivity contribution in [3.63, 3.8) is 0 Å². The van der Waals surface area contributed by atoms with Crippen LogP contribution in [0.2, 0.25) is 5.82 Å². The molecule has 0 spiro atoms. The van der Waals surface area contributed by atoms with Gasteiger partial charge in [-0.15, -0.1) is 0 Å². The molecule has 3 nitrogen and oxygen atoms in total. The van der Waals surface area contributed by atoms with E-state index in [0.717, 1.165) is 0 Å². The molecule has 0 amide bonds. The van der Waals surface area contributed by atoms with Gasteiger partial charge in [0.1, 0.15) is 0 Å². The number of nitriles is 1. The summed E-state index contributed by atoms with van der Waals surface area (Å²) in [6, 6.07) is 1.94. The van der Waals surface area contributed by atoms with Crippen LogP contribution in [0.25, 0.3) is 0 Å². The van der Waals surface area contributed by atoms with Gasteiger partial charge in [0, 0.05) is 11.4 Å². The maximum Gasteiger partial charge on any atom is 0.459 e. The summed E-state index contributed by atoms with van der Waals surface area (Å²) in [6.07, 6.45) is 5.61. The fourth-order valence-corrected chi connectivity index (χ4v) is 0.989. The van der Waals surface area contributed by atoms with E-state index in [4.69, 9.17) is 15.3 Å². The first-order valence-corrected chi connectivity index (χ1v) is 3.38. The smallest absolute Gasteiger partial charge is 0.427 e. The molecule has 1 atom stereocenters. The molecule has 0 saturated heterocycles. The second-order valence-corrected chi connectivity index (χ2v) is 2.45. The van der Waals surface area contributed by atoms with Gasteiger partial charge in [0.05, 0.1) is 6.07 Å². The topological polar surface area (TPSA) is 64.2 Å². The Labute approximate surface area is 65.4 Å². The van der Waals surface area contributed by atoms with Crippen LogP contribution in [0.15, 0.2) is 23.8 Å². The van der Waals surface area contributed by atoms with Gasteiger partial charge in [0.25, 0.3) is 0 Å². The molecule has 1 rings (SSSR count). The molecule has 1 unspecified atom stereocenters. The zero-order chi connectivity index (χ0) is 8.27. The van der Waals surface area contributed by atoms with Crippen LogP contribution in [0.4, 0.5) is 0 Å². The summed E-state index contributed by atoms with van der Waals surface area (Å²) in [4.78, 5) is 0. The van der Waals surface area contributed by atoms with Crippen LogP contribution in [-0.4, -0.2) is 17.2 Å². The van der Waals surface area contributed by atoms with E-state index < -0.39 is 7.12 Å². The van der Waals surface area contributed by atoms with Crippen LogP contribution in [0.1, 0.15) is 6.42 Å². The van der Waals surface area contributed by atoms with E-state index in [1.54, 1.807) is 18.2 Å². The van der Waals surface area contributed by atoms with Crippen molar-refractivity contribution in [1.82, 2.24) is 0 Å². The molecule has 0 bridgehead atoms. The van der Waals surface area contributed by atoms with Crippen molar-refractivity contribution in [1.29, 1.82) is 5.26 Å². The lowest BCUT2D eigenvalue weighted by Crippen LogP contribution is -2.19. The van der Waals surface area contributed by atoms with E-state index in [9.17, 15) is 0 Å². The third kappa shape index (κ3) is 1.94. The molecule has 1 aliphatic carbocycles. The van der Waals surface area contributed by atoms with Crippen molar-refractivity contribution in [3.8, 4) is 6.07 Å². The molecule has 4 heteroatoms. The third-order valence-electron chi connectivity index (χ3n) is 1.61. The molecule has 0 radical (unpaired) electrons. The first-order valence-electron chi connectivity index (χ1n) is 3.38. The second kappa shape index (κ2) is 3.38. The molecular formula is C7H8BNO2. The van der Waals surface area contributed by atoms with Crippen molar-refractivity contribution in [2.45, 2.75) is 12.2 Å². The first-order chi connectivity index (χ1) is 5.24. The van der Waals surface area contributed by atoms with Gasteiger partial charge in [-0.2, -0.15) is 5.26 Å². The lowest BCUT2D eigenvalue weighted by molar-refractivity contribution is 0.394. The highest BCUT2D eigenvalue weighted by Gasteiger charge is 2.21. The van der Waals surface area contributed by atoms with Crippen LogP contribution in [0.3, 0.4) is 0 Å². The fraction of sp³-hybridized carbons (Fsp3) is 0.286. The van der Waals surface area contributed by atoms with E-state index in [-0.39, 0.29) is 5.82 Å². The Morgan fingerprint density at radius 2 is 2.36 bits per heavy atom. The monoisotopic (exact) mass is 149 g/mol. The summed E-state index contributed by atoms with van der Waals surface area (Å²) in [5, 5.41) is 26.0. The maximum absolute atomic E-state index is 8.76. The summed E-state index contributed by atoms with van der Waals surface area (Å²) >= 11 is 0. The molecule has 0 aliphatic heterocycles. The van der Waals surface area contributed by atoms with Crippen LogP contribution in [-0.2, 0) is 0 Å². The summed E-state index contributed by atoms with van der Waals surface area (Å²) in [5.41, 5.74) is 0.495. The molecular weight excluding hydrogens is 141 g/mol. The van der Waals surface area contributed by atoms with E-state index in [2.05, 4.69) is 0 Å². The van der Waals surface area contributed by atoms with Crippen LogP contribution < -0.4 is 0 Å². The van der Waals surface area contributed by atoms with Crippen LogP contribution in [0, 0.1) is 11.3 Å². The minimum Gasteiger partial charge on any atom is -0.427 e. The number of rotatable bonds is 1. The van der Waals surface area contributed by atoms with Crippen LogP contribution >= 0.6 is 0 Å². The summed E-state index contributed by atoms with van der Waals surface area (Å²) in [7, 11) is -1.36. The van der Waals surface area contributed by atoms with Gasteiger partial charge in [0.15, 0.2) is 0 Å². The van der Waals surface area contributed by atoms with E-state index >= 15 is 0 Å². The average Bonchev–Trinajstić information content (AvgIpc) is 2.05. The third-order valence-corrected chi connectivity index (χ3v) is 1.61. The van der Waals surface area contributed by atoms with Crippen molar-refractivity contribution in [2.75, 3.05) is 0 Å². The standard InChI is InChI=1S/C7H8BNO2/c9-5-6-2-1-3-7(4-6)8(10)11/h1-2,4,7,10-11H,3H2. The summed E-state index contributed by atoms with van der Waals surface area (Å²) in [5.74, 6) is -0.324. The van der Waals surface area contributed by atoms with Gasteiger partial charge in [-0.3, -0.25) is 0 Å². The number of hydrogen-bond donors (Lipinski definition) is 2. The Bertz CT molecular complexity index is 239. The summed E-state index contributed by atoms with van der Waals surface area (Å²) in [6.45, 7) is 0. The SMILES string of the molecule is N#CC1=CC(B(O)O)CC=C1. The quantitative estimate of drug-likeness (QED) is 0.524. The zero-order valence-electron chi connectivity index (χ0n) is 5.94. The molecule has 0 heterocycles. The highest BCUT2D eigenvalue weighted by atomic mass is 16.4. The first kappa shape index (κ1) is 8.06. The molecule has 0 aromatic carbocycles. The normalized spacial score (nSPS) is 22.3. The molecule has 11 heavy (non-hydrogen) atoms. The Hall–Kier alpha value is -1.05. The van der Waals surface area contributed by atoms with Crippen molar-refractivity contribution < 1.29 is 10.0 Å². The predicted molar refractivity (Wildman–Crippen MR) is 41.4 cm³/mol. The molecule has 0 saturated carbocycles. The van der Waals surface area contributed by atoms with E-state index in [1.165, 1.54) is 0 Å². The highest BCUT2D eigenvalue weighted by molar-refractivity contribution is 6.44. The van der Waals surface area contributed by atoms with Crippen molar-refractivity contribution in [3.05, 3.63) is 23.8 Å². The lowest BCUT2D eigenvalue weighted by Gasteiger charge is -2.11. The second-order valence-electron chi connectivity index (χ2n) is 2.45. The summed E-state index contributed by atoms with van der Waals surface area (Å²) < 4.78 is 0. The minimum absolute atomic E-state index is 0.324. The number of hydrogen-bond acceptors (Lipinski definition) is 3. The van der Waals surface area contributed by atoms with Gasteiger partial charge < -0.3 is 10.0 Å². The Morgan fingerprint density at radius 1 is 1.64 bits per heavy atom.